The first kappa shape index (κ1) is 10.4. The fourth-order valence-corrected chi connectivity index (χ4v) is 2.44. The summed E-state index contributed by atoms with van der Waals surface area (Å²) in [5, 5.41) is 11.7. The van der Waals surface area contributed by atoms with E-state index in [9.17, 15) is 4.79 Å². The predicted octanol–water partition coefficient (Wildman–Crippen LogP) is 0.641. The maximum absolute atomic E-state index is 11.7. The molecular formula is C11H17N3O. The summed E-state index contributed by atoms with van der Waals surface area (Å²) in [6.07, 6.45) is 2.63. The van der Waals surface area contributed by atoms with Gasteiger partial charge in [-0.25, -0.2) is 0 Å². The lowest BCUT2D eigenvalue weighted by Crippen LogP contribution is -2.66. The lowest BCUT2D eigenvalue weighted by Gasteiger charge is -2.46. The smallest absolute Gasteiger partial charge is 0.238 e. The van der Waals surface area contributed by atoms with Crippen molar-refractivity contribution in [2.75, 3.05) is 6.54 Å². The van der Waals surface area contributed by atoms with Gasteiger partial charge in [0.1, 0.15) is 6.04 Å². The average molecular weight is 207 g/mol. The van der Waals surface area contributed by atoms with Gasteiger partial charge in [-0.2, -0.15) is 5.26 Å². The van der Waals surface area contributed by atoms with Gasteiger partial charge < -0.3 is 5.32 Å². The molecule has 1 saturated carbocycles. The lowest BCUT2D eigenvalue weighted by molar-refractivity contribution is -0.134. The summed E-state index contributed by atoms with van der Waals surface area (Å²) in [7, 11) is 0. The highest BCUT2D eigenvalue weighted by atomic mass is 16.2. The van der Waals surface area contributed by atoms with E-state index in [4.69, 9.17) is 5.26 Å². The quantitative estimate of drug-likeness (QED) is 0.723. The van der Waals surface area contributed by atoms with Crippen LogP contribution in [0.2, 0.25) is 0 Å². The van der Waals surface area contributed by atoms with Gasteiger partial charge in [0.2, 0.25) is 5.91 Å². The van der Waals surface area contributed by atoms with Crippen molar-refractivity contribution in [2.45, 2.75) is 50.7 Å². The lowest BCUT2D eigenvalue weighted by atomic mass is 9.94. The van der Waals surface area contributed by atoms with Gasteiger partial charge in [0, 0.05) is 18.1 Å². The summed E-state index contributed by atoms with van der Waals surface area (Å²) in [6, 6.07) is 2.39. The minimum Gasteiger partial charge on any atom is -0.353 e. The number of nitrogens with one attached hydrogen (secondary N) is 1. The van der Waals surface area contributed by atoms with E-state index in [1.54, 1.807) is 0 Å². The number of nitriles is 1. The number of hydrogen-bond donors (Lipinski definition) is 1. The number of amides is 1. The highest BCUT2D eigenvalue weighted by molar-refractivity contribution is 5.83. The van der Waals surface area contributed by atoms with Crippen molar-refractivity contribution in [3.63, 3.8) is 0 Å². The summed E-state index contributed by atoms with van der Waals surface area (Å²) in [6.45, 7) is 4.95. The van der Waals surface area contributed by atoms with Crippen molar-refractivity contribution >= 4 is 5.91 Å². The minimum absolute atomic E-state index is 0.0165. The Bertz CT molecular complexity index is 314. The molecule has 1 aliphatic carbocycles. The van der Waals surface area contributed by atoms with Crippen LogP contribution in [0, 0.1) is 11.3 Å². The van der Waals surface area contributed by atoms with Crippen molar-refractivity contribution in [3.05, 3.63) is 0 Å². The Kier molecular flexibility index (Phi) is 2.43. The Hall–Kier alpha value is -1.08. The second-order valence-electron chi connectivity index (χ2n) is 5.05. The molecule has 0 aromatic carbocycles. The zero-order valence-electron chi connectivity index (χ0n) is 9.29. The molecule has 1 aliphatic heterocycles. The van der Waals surface area contributed by atoms with E-state index in [1.165, 1.54) is 12.8 Å². The Labute approximate surface area is 90.2 Å². The van der Waals surface area contributed by atoms with Crippen LogP contribution in [0.25, 0.3) is 0 Å². The van der Waals surface area contributed by atoms with Crippen LogP contribution >= 0.6 is 0 Å². The molecule has 2 aliphatic rings. The zero-order valence-corrected chi connectivity index (χ0v) is 9.29. The predicted molar refractivity (Wildman–Crippen MR) is 56.0 cm³/mol. The Morgan fingerprint density at radius 3 is 2.80 bits per heavy atom. The molecule has 2 rings (SSSR count). The van der Waals surface area contributed by atoms with Crippen LogP contribution in [-0.2, 0) is 4.79 Å². The molecular weight excluding hydrogens is 190 g/mol. The second-order valence-corrected chi connectivity index (χ2v) is 5.05. The Morgan fingerprint density at radius 1 is 1.60 bits per heavy atom. The monoisotopic (exact) mass is 207 g/mol. The van der Waals surface area contributed by atoms with Gasteiger partial charge in [-0.15, -0.1) is 0 Å². The second kappa shape index (κ2) is 3.49. The Morgan fingerprint density at radius 2 is 2.27 bits per heavy atom. The molecule has 82 valence electrons. The number of nitrogens with zero attached hydrogens (tertiary/aromatic N) is 2. The molecule has 1 heterocycles. The van der Waals surface area contributed by atoms with Crippen LogP contribution in [0.5, 0.6) is 0 Å². The van der Waals surface area contributed by atoms with Crippen molar-refractivity contribution < 1.29 is 4.79 Å². The number of carbonyl (C=O) groups is 1. The van der Waals surface area contributed by atoms with E-state index in [0.29, 0.717) is 19.0 Å². The van der Waals surface area contributed by atoms with Gasteiger partial charge in [-0.1, -0.05) is 0 Å². The van der Waals surface area contributed by atoms with Gasteiger partial charge in [-0.3, -0.25) is 9.69 Å². The zero-order chi connectivity index (χ0) is 11.1. The van der Waals surface area contributed by atoms with Gasteiger partial charge in [-0.05, 0) is 26.7 Å². The maximum atomic E-state index is 11.7. The molecule has 1 amide bonds. The SMILES string of the molecule is CC1(C)CNC(=O)C(CC#N)N1C1CC1. The molecule has 1 atom stereocenters. The van der Waals surface area contributed by atoms with Crippen molar-refractivity contribution in [2.24, 2.45) is 0 Å². The van der Waals surface area contributed by atoms with Crippen molar-refractivity contribution in [1.82, 2.24) is 10.2 Å². The van der Waals surface area contributed by atoms with E-state index in [2.05, 4.69) is 30.1 Å². The summed E-state index contributed by atoms with van der Waals surface area (Å²) in [4.78, 5) is 14.0. The molecule has 0 bridgehead atoms. The van der Waals surface area contributed by atoms with Crippen molar-refractivity contribution in [3.8, 4) is 6.07 Å². The first-order valence-corrected chi connectivity index (χ1v) is 5.49. The number of piperazine rings is 1. The normalized spacial score (nSPS) is 30.7. The van der Waals surface area contributed by atoms with Gasteiger partial charge in [0.15, 0.2) is 0 Å². The first-order valence-electron chi connectivity index (χ1n) is 5.49. The molecule has 1 N–H and O–H groups in total. The van der Waals surface area contributed by atoms with Crippen LogP contribution in [0.15, 0.2) is 0 Å². The molecule has 2 fully saturated rings. The third-order valence-corrected chi connectivity index (χ3v) is 3.26. The van der Waals surface area contributed by atoms with Crippen LogP contribution in [0.1, 0.15) is 33.1 Å². The summed E-state index contributed by atoms with van der Waals surface area (Å²) < 4.78 is 0. The van der Waals surface area contributed by atoms with E-state index in [1.807, 2.05) is 0 Å². The van der Waals surface area contributed by atoms with Crippen LogP contribution in [-0.4, -0.2) is 35.0 Å². The summed E-state index contributed by atoms with van der Waals surface area (Å²) >= 11 is 0. The third-order valence-electron chi connectivity index (χ3n) is 3.26. The molecule has 0 spiro atoms. The molecule has 4 heteroatoms. The number of carbonyl (C=O) groups excluding carboxylic acids is 1. The Balaban J connectivity index is 2.22. The average Bonchev–Trinajstić information content (AvgIpc) is 2.95. The molecule has 4 nitrogen and oxygen atoms in total. The minimum atomic E-state index is -0.244. The van der Waals surface area contributed by atoms with E-state index >= 15 is 0 Å². The third kappa shape index (κ3) is 1.84. The summed E-state index contributed by atoms with van der Waals surface area (Å²) in [5.41, 5.74) is -0.0173. The van der Waals surface area contributed by atoms with Gasteiger partial charge >= 0.3 is 0 Å². The summed E-state index contributed by atoms with van der Waals surface area (Å²) in [5.74, 6) is 0.0165. The van der Waals surface area contributed by atoms with Crippen LogP contribution in [0.3, 0.4) is 0 Å². The highest BCUT2D eigenvalue weighted by Gasteiger charge is 2.47. The molecule has 1 unspecified atom stereocenters. The maximum Gasteiger partial charge on any atom is 0.238 e. The fourth-order valence-electron chi connectivity index (χ4n) is 2.44. The van der Waals surface area contributed by atoms with Gasteiger partial charge in [0.25, 0.3) is 0 Å². The van der Waals surface area contributed by atoms with E-state index in [-0.39, 0.29) is 17.5 Å². The van der Waals surface area contributed by atoms with Gasteiger partial charge in [0.05, 0.1) is 12.5 Å². The van der Waals surface area contributed by atoms with Crippen molar-refractivity contribution in [1.29, 1.82) is 5.26 Å². The standard InChI is InChI=1S/C11H17N3O/c1-11(2)7-13-10(15)9(5-6-12)14(11)8-3-4-8/h8-9H,3-5,7H2,1-2H3,(H,13,15). The molecule has 0 aromatic heterocycles. The van der Waals surface area contributed by atoms with Crippen LogP contribution < -0.4 is 5.32 Å². The molecule has 0 aromatic rings. The number of hydrogen-bond acceptors (Lipinski definition) is 3. The molecule has 15 heavy (non-hydrogen) atoms. The van der Waals surface area contributed by atoms with Crippen LogP contribution in [0.4, 0.5) is 0 Å². The highest BCUT2D eigenvalue weighted by Crippen LogP contribution is 2.36. The topological polar surface area (TPSA) is 56.1 Å². The number of rotatable bonds is 2. The van der Waals surface area contributed by atoms with E-state index in [0.717, 1.165) is 0 Å². The molecule has 0 radical (unpaired) electrons. The first-order chi connectivity index (χ1) is 7.06. The van der Waals surface area contributed by atoms with E-state index < -0.39 is 0 Å². The largest absolute Gasteiger partial charge is 0.353 e. The molecule has 1 saturated heterocycles. The fraction of sp³-hybridized carbons (Fsp3) is 0.818.